The fourth-order valence-electron chi connectivity index (χ4n) is 1.46. The summed E-state index contributed by atoms with van der Waals surface area (Å²) in [5.41, 5.74) is 5.47. The van der Waals surface area contributed by atoms with E-state index in [2.05, 4.69) is 4.72 Å². The van der Waals surface area contributed by atoms with E-state index in [1.54, 1.807) is 0 Å². The van der Waals surface area contributed by atoms with Gasteiger partial charge in [0.1, 0.15) is 11.6 Å². The summed E-state index contributed by atoms with van der Waals surface area (Å²) in [6.07, 6.45) is 0. The molecule has 100 valence electrons. The summed E-state index contributed by atoms with van der Waals surface area (Å²) in [6.45, 7) is 0. The smallest absolute Gasteiger partial charge is 0.262 e. The van der Waals surface area contributed by atoms with E-state index < -0.39 is 21.7 Å². The molecule has 2 aromatic rings. The van der Waals surface area contributed by atoms with Gasteiger partial charge in [-0.3, -0.25) is 4.72 Å². The van der Waals surface area contributed by atoms with Crippen LogP contribution in [-0.4, -0.2) is 8.42 Å². The van der Waals surface area contributed by atoms with Crippen LogP contribution >= 0.6 is 0 Å². The highest BCUT2D eigenvalue weighted by molar-refractivity contribution is 7.92. The van der Waals surface area contributed by atoms with E-state index in [-0.39, 0.29) is 16.3 Å². The van der Waals surface area contributed by atoms with Crippen LogP contribution in [-0.2, 0) is 10.0 Å². The first-order valence-electron chi connectivity index (χ1n) is 5.22. The molecule has 0 saturated carbocycles. The Hall–Kier alpha value is -2.15. The first kappa shape index (κ1) is 13.3. The molecule has 3 N–H and O–H groups in total. The Morgan fingerprint density at radius 3 is 2.32 bits per heavy atom. The number of sulfonamides is 1. The van der Waals surface area contributed by atoms with E-state index in [4.69, 9.17) is 5.73 Å². The van der Waals surface area contributed by atoms with Crippen molar-refractivity contribution < 1.29 is 17.2 Å². The highest BCUT2D eigenvalue weighted by Gasteiger charge is 2.16. The number of nitrogen functional groups attached to an aromatic ring is 1. The van der Waals surface area contributed by atoms with Gasteiger partial charge >= 0.3 is 0 Å². The number of hydrogen-bond acceptors (Lipinski definition) is 3. The fourth-order valence-corrected chi connectivity index (χ4v) is 2.58. The summed E-state index contributed by atoms with van der Waals surface area (Å²) in [5.74, 6) is -1.25. The molecule has 4 nitrogen and oxygen atoms in total. The molecular weight excluding hydrogens is 274 g/mol. The number of nitrogens with two attached hydrogens (primary N) is 1. The highest BCUT2D eigenvalue weighted by atomic mass is 32.2. The van der Waals surface area contributed by atoms with Crippen molar-refractivity contribution >= 4 is 21.4 Å². The molecule has 0 bridgehead atoms. The minimum absolute atomic E-state index is 0.0330. The molecule has 0 aromatic heterocycles. The summed E-state index contributed by atoms with van der Waals surface area (Å²) in [6, 6.07) is 7.78. The molecule has 0 aliphatic heterocycles. The number of anilines is 2. The molecule has 0 aliphatic carbocycles. The average molecular weight is 284 g/mol. The highest BCUT2D eigenvalue weighted by Crippen LogP contribution is 2.23. The molecule has 0 amide bonds. The molecule has 2 rings (SSSR count). The Morgan fingerprint density at radius 2 is 1.68 bits per heavy atom. The van der Waals surface area contributed by atoms with Gasteiger partial charge in [0, 0.05) is 0 Å². The molecule has 0 radical (unpaired) electrons. The molecule has 0 spiro atoms. The van der Waals surface area contributed by atoms with Crippen molar-refractivity contribution in [2.24, 2.45) is 0 Å². The van der Waals surface area contributed by atoms with Gasteiger partial charge in [-0.15, -0.1) is 0 Å². The van der Waals surface area contributed by atoms with E-state index in [1.807, 2.05) is 0 Å². The fraction of sp³-hybridized carbons (Fsp3) is 0. The van der Waals surface area contributed by atoms with Gasteiger partial charge in [-0.05, 0) is 36.4 Å². The number of hydrogen-bond donors (Lipinski definition) is 2. The number of halogens is 2. The largest absolute Gasteiger partial charge is 0.397 e. The minimum atomic E-state index is -3.96. The van der Waals surface area contributed by atoms with Gasteiger partial charge in [0.25, 0.3) is 10.0 Å². The number of rotatable bonds is 3. The van der Waals surface area contributed by atoms with Crippen LogP contribution in [0.1, 0.15) is 0 Å². The third-order valence-electron chi connectivity index (χ3n) is 2.36. The molecule has 0 aliphatic rings. The van der Waals surface area contributed by atoms with Crippen molar-refractivity contribution in [1.29, 1.82) is 0 Å². The normalized spacial score (nSPS) is 11.3. The molecule has 2 aromatic carbocycles. The molecule has 7 heteroatoms. The van der Waals surface area contributed by atoms with E-state index in [0.717, 1.165) is 24.3 Å². The standard InChI is InChI=1S/C12H10F2N2O2S/c13-8-2-1-3-10(6-8)19(17,18)16-12-5-4-9(14)7-11(12)15/h1-7,16H,15H2. The van der Waals surface area contributed by atoms with Gasteiger partial charge in [-0.1, -0.05) is 6.07 Å². The van der Waals surface area contributed by atoms with Gasteiger partial charge in [0.05, 0.1) is 16.3 Å². The van der Waals surface area contributed by atoms with E-state index >= 15 is 0 Å². The van der Waals surface area contributed by atoms with Crippen molar-refractivity contribution in [3.8, 4) is 0 Å². The lowest BCUT2D eigenvalue weighted by molar-refractivity contribution is 0.595. The number of benzene rings is 2. The zero-order valence-corrected chi connectivity index (χ0v) is 10.4. The SMILES string of the molecule is Nc1cc(F)ccc1NS(=O)(=O)c1cccc(F)c1. The molecule has 0 saturated heterocycles. The van der Waals surface area contributed by atoms with Gasteiger partial charge in [-0.2, -0.15) is 0 Å². The van der Waals surface area contributed by atoms with Crippen LogP contribution in [0.4, 0.5) is 20.2 Å². The maximum atomic E-state index is 13.0. The number of nitrogens with one attached hydrogen (secondary N) is 1. The van der Waals surface area contributed by atoms with Crippen molar-refractivity contribution in [3.05, 3.63) is 54.1 Å². The van der Waals surface area contributed by atoms with Crippen LogP contribution in [0, 0.1) is 11.6 Å². The summed E-state index contributed by atoms with van der Waals surface area (Å²) in [4.78, 5) is -0.240. The summed E-state index contributed by atoms with van der Waals surface area (Å²) >= 11 is 0. The third kappa shape index (κ3) is 3.00. The van der Waals surface area contributed by atoms with Crippen molar-refractivity contribution in [1.82, 2.24) is 0 Å². The monoisotopic (exact) mass is 284 g/mol. The summed E-state index contributed by atoms with van der Waals surface area (Å²) in [5, 5.41) is 0. The van der Waals surface area contributed by atoms with Crippen molar-refractivity contribution in [3.63, 3.8) is 0 Å². The maximum absolute atomic E-state index is 13.0. The Kier molecular flexibility index (Phi) is 3.39. The Labute approximate surface area is 108 Å². The molecular formula is C12H10F2N2O2S. The topological polar surface area (TPSA) is 72.2 Å². The second-order valence-corrected chi connectivity index (χ2v) is 5.48. The zero-order chi connectivity index (χ0) is 14.0. The van der Waals surface area contributed by atoms with Gasteiger partial charge in [0.15, 0.2) is 0 Å². The lowest BCUT2D eigenvalue weighted by Gasteiger charge is -2.10. The quantitative estimate of drug-likeness (QED) is 0.850. The van der Waals surface area contributed by atoms with E-state index in [0.29, 0.717) is 0 Å². The Bertz CT molecular complexity index is 717. The van der Waals surface area contributed by atoms with Crippen molar-refractivity contribution in [2.75, 3.05) is 10.5 Å². The predicted molar refractivity (Wildman–Crippen MR) is 68.0 cm³/mol. The van der Waals surface area contributed by atoms with Gasteiger partial charge in [0.2, 0.25) is 0 Å². The molecule has 0 unspecified atom stereocenters. The van der Waals surface area contributed by atoms with Crippen LogP contribution < -0.4 is 10.5 Å². The van der Waals surface area contributed by atoms with E-state index in [1.165, 1.54) is 18.2 Å². The first-order valence-corrected chi connectivity index (χ1v) is 6.70. The molecule has 0 heterocycles. The predicted octanol–water partition coefficient (Wildman–Crippen LogP) is 2.35. The third-order valence-corrected chi connectivity index (χ3v) is 3.73. The molecule has 0 fully saturated rings. The lowest BCUT2D eigenvalue weighted by atomic mass is 10.3. The van der Waals surface area contributed by atoms with Crippen molar-refractivity contribution in [2.45, 2.75) is 4.90 Å². The molecule has 0 atom stereocenters. The van der Waals surface area contributed by atoms with Crippen LogP contribution in [0.5, 0.6) is 0 Å². The summed E-state index contributed by atoms with van der Waals surface area (Å²) in [7, 11) is -3.96. The second-order valence-electron chi connectivity index (χ2n) is 3.79. The van der Waals surface area contributed by atoms with Crippen LogP contribution in [0.2, 0.25) is 0 Å². The maximum Gasteiger partial charge on any atom is 0.262 e. The first-order chi connectivity index (χ1) is 8.88. The summed E-state index contributed by atoms with van der Waals surface area (Å²) < 4.78 is 52.0. The van der Waals surface area contributed by atoms with Crippen LogP contribution in [0.25, 0.3) is 0 Å². The average Bonchev–Trinajstić information content (AvgIpc) is 2.33. The van der Waals surface area contributed by atoms with Crippen LogP contribution in [0.3, 0.4) is 0 Å². The van der Waals surface area contributed by atoms with E-state index in [9.17, 15) is 17.2 Å². The lowest BCUT2D eigenvalue weighted by Crippen LogP contribution is -2.14. The minimum Gasteiger partial charge on any atom is -0.397 e. The van der Waals surface area contributed by atoms with Gasteiger partial charge < -0.3 is 5.73 Å². The molecule has 19 heavy (non-hydrogen) atoms. The Morgan fingerprint density at radius 1 is 1.00 bits per heavy atom. The van der Waals surface area contributed by atoms with Gasteiger partial charge in [-0.25, -0.2) is 17.2 Å². The Balaban J connectivity index is 2.36. The van der Waals surface area contributed by atoms with Crippen LogP contribution in [0.15, 0.2) is 47.4 Å². The second kappa shape index (κ2) is 4.85. The zero-order valence-electron chi connectivity index (χ0n) is 9.60.